The number of carbonyl (C=O) groups is 2. The number of nitrogens with zero attached hydrogens (tertiary/aromatic N) is 1. The molecular weight excluding hydrogens is 347 g/mol. The van der Waals surface area contributed by atoms with E-state index in [0.717, 1.165) is 0 Å². The molecule has 0 heterocycles. The number of anilines is 1. The molecule has 0 bridgehead atoms. The second kappa shape index (κ2) is 8.18. The Labute approximate surface area is 151 Å². The zero-order valence-electron chi connectivity index (χ0n) is 13.5. The zero-order valence-corrected chi connectivity index (χ0v) is 15.0. The van der Waals surface area contributed by atoms with E-state index < -0.39 is 0 Å². The largest absolute Gasteiger partial charge is 0.339 e. The number of nitrogens with one attached hydrogen (secondary N) is 1. The first kappa shape index (κ1) is 18.3. The molecule has 0 spiro atoms. The minimum atomic E-state index is -0.356. The molecule has 0 unspecified atom stereocenters. The second-order valence-electron chi connectivity index (χ2n) is 5.13. The van der Waals surface area contributed by atoms with Crippen molar-refractivity contribution in [2.24, 2.45) is 0 Å². The summed E-state index contributed by atoms with van der Waals surface area (Å²) in [6.07, 6.45) is 0. The van der Waals surface area contributed by atoms with Gasteiger partial charge in [-0.3, -0.25) is 9.59 Å². The fourth-order valence-electron chi connectivity index (χ4n) is 2.26. The number of halogens is 2. The van der Waals surface area contributed by atoms with Crippen molar-refractivity contribution in [2.75, 3.05) is 18.4 Å². The highest BCUT2D eigenvalue weighted by molar-refractivity contribution is 6.36. The average Bonchev–Trinajstić information content (AvgIpc) is 2.58. The van der Waals surface area contributed by atoms with E-state index in [0.29, 0.717) is 39.9 Å². The summed E-state index contributed by atoms with van der Waals surface area (Å²) >= 11 is 11.9. The first-order valence-electron chi connectivity index (χ1n) is 7.62. The first-order valence-corrected chi connectivity index (χ1v) is 8.37. The molecule has 0 aliphatic rings. The Morgan fingerprint density at radius 3 is 2.21 bits per heavy atom. The quantitative estimate of drug-likeness (QED) is 0.833. The number of rotatable bonds is 5. The van der Waals surface area contributed by atoms with Gasteiger partial charge in [-0.15, -0.1) is 0 Å². The molecule has 0 aliphatic heterocycles. The van der Waals surface area contributed by atoms with Gasteiger partial charge in [-0.1, -0.05) is 23.2 Å². The van der Waals surface area contributed by atoms with Crippen LogP contribution in [-0.4, -0.2) is 29.8 Å². The molecule has 0 saturated heterocycles. The Morgan fingerprint density at radius 1 is 1.00 bits per heavy atom. The number of hydrogen-bond acceptors (Lipinski definition) is 2. The van der Waals surface area contributed by atoms with Gasteiger partial charge in [-0.25, -0.2) is 0 Å². The number of amides is 2. The van der Waals surface area contributed by atoms with Crippen molar-refractivity contribution in [3.05, 3.63) is 63.6 Å². The number of benzene rings is 2. The molecule has 0 atom stereocenters. The van der Waals surface area contributed by atoms with Crippen molar-refractivity contribution in [1.29, 1.82) is 0 Å². The SMILES string of the molecule is CCN(CC)C(=O)c1ccc(NC(=O)c2cc(Cl)ccc2Cl)cc1. The molecule has 2 aromatic rings. The van der Waals surface area contributed by atoms with Crippen LogP contribution in [0, 0.1) is 0 Å². The third-order valence-electron chi connectivity index (χ3n) is 3.61. The first-order chi connectivity index (χ1) is 11.5. The van der Waals surface area contributed by atoms with Crippen molar-refractivity contribution in [3.63, 3.8) is 0 Å². The molecule has 0 aromatic heterocycles. The summed E-state index contributed by atoms with van der Waals surface area (Å²) in [7, 11) is 0. The topological polar surface area (TPSA) is 49.4 Å². The second-order valence-corrected chi connectivity index (χ2v) is 5.98. The smallest absolute Gasteiger partial charge is 0.257 e. The highest BCUT2D eigenvalue weighted by Crippen LogP contribution is 2.22. The lowest BCUT2D eigenvalue weighted by molar-refractivity contribution is 0.0773. The minimum absolute atomic E-state index is 0.0317. The van der Waals surface area contributed by atoms with E-state index in [9.17, 15) is 9.59 Å². The Balaban J connectivity index is 2.13. The monoisotopic (exact) mass is 364 g/mol. The maximum absolute atomic E-state index is 12.3. The Kier molecular flexibility index (Phi) is 6.23. The summed E-state index contributed by atoms with van der Waals surface area (Å²) in [4.78, 5) is 26.3. The van der Waals surface area contributed by atoms with E-state index >= 15 is 0 Å². The molecule has 24 heavy (non-hydrogen) atoms. The predicted molar refractivity (Wildman–Crippen MR) is 98.1 cm³/mol. The van der Waals surface area contributed by atoms with Crippen molar-refractivity contribution in [2.45, 2.75) is 13.8 Å². The van der Waals surface area contributed by atoms with E-state index in [1.807, 2.05) is 13.8 Å². The summed E-state index contributed by atoms with van der Waals surface area (Å²) in [5, 5.41) is 3.50. The molecule has 0 aliphatic carbocycles. The standard InChI is InChI=1S/C18H18Cl2N2O2/c1-3-22(4-2)18(24)12-5-8-14(9-6-12)21-17(23)15-11-13(19)7-10-16(15)20/h5-11H,3-4H2,1-2H3,(H,21,23). The molecule has 2 amide bonds. The third kappa shape index (κ3) is 4.28. The molecule has 0 saturated carbocycles. The summed E-state index contributed by atoms with van der Waals surface area (Å²) in [6.45, 7) is 5.18. The third-order valence-corrected chi connectivity index (χ3v) is 4.18. The molecule has 2 aromatic carbocycles. The van der Waals surface area contributed by atoms with Gasteiger partial charge in [-0.2, -0.15) is 0 Å². The molecule has 1 N–H and O–H groups in total. The van der Waals surface area contributed by atoms with Crippen molar-refractivity contribution >= 4 is 40.7 Å². The molecule has 6 heteroatoms. The lowest BCUT2D eigenvalue weighted by atomic mass is 10.1. The van der Waals surface area contributed by atoms with Crippen LogP contribution in [0.3, 0.4) is 0 Å². The van der Waals surface area contributed by atoms with Crippen LogP contribution in [0.1, 0.15) is 34.6 Å². The van der Waals surface area contributed by atoms with Gasteiger partial charge in [-0.05, 0) is 56.3 Å². The van der Waals surface area contributed by atoms with Crippen LogP contribution in [0.4, 0.5) is 5.69 Å². The predicted octanol–water partition coefficient (Wildman–Crippen LogP) is 4.73. The van der Waals surface area contributed by atoms with Gasteiger partial charge < -0.3 is 10.2 Å². The zero-order chi connectivity index (χ0) is 17.7. The lowest BCUT2D eigenvalue weighted by Crippen LogP contribution is -2.30. The lowest BCUT2D eigenvalue weighted by Gasteiger charge is -2.18. The van der Waals surface area contributed by atoms with Gasteiger partial charge in [0.25, 0.3) is 11.8 Å². The molecular formula is C18H18Cl2N2O2. The molecule has 0 fully saturated rings. The van der Waals surface area contributed by atoms with E-state index in [-0.39, 0.29) is 11.8 Å². The summed E-state index contributed by atoms with van der Waals surface area (Å²) in [5.41, 5.74) is 1.46. The normalized spacial score (nSPS) is 10.3. The van der Waals surface area contributed by atoms with E-state index in [4.69, 9.17) is 23.2 Å². The average molecular weight is 365 g/mol. The van der Waals surface area contributed by atoms with Gasteiger partial charge >= 0.3 is 0 Å². The number of carbonyl (C=O) groups excluding carboxylic acids is 2. The summed E-state index contributed by atoms with van der Waals surface area (Å²) < 4.78 is 0. The Hall–Kier alpha value is -2.04. The number of hydrogen-bond donors (Lipinski definition) is 1. The molecule has 4 nitrogen and oxygen atoms in total. The summed E-state index contributed by atoms with van der Waals surface area (Å²) in [6, 6.07) is 11.5. The van der Waals surface area contributed by atoms with Gasteiger partial charge in [0.05, 0.1) is 10.6 Å². The maximum Gasteiger partial charge on any atom is 0.257 e. The molecule has 126 valence electrons. The van der Waals surface area contributed by atoms with Gasteiger partial charge in [0, 0.05) is 29.4 Å². The summed E-state index contributed by atoms with van der Waals surface area (Å²) in [5.74, 6) is -0.388. The molecule has 0 radical (unpaired) electrons. The van der Waals surface area contributed by atoms with Crippen LogP contribution >= 0.6 is 23.2 Å². The van der Waals surface area contributed by atoms with Crippen molar-refractivity contribution in [3.8, 4) is 0 Å². The van der Waals surface area contributed by atoms with E-state index in [1.54, 1.807) is 41.3 Å². The Bertz CT molecular complexity index is 741. The highest BCUT2D eigenvalue weighted by Gasteiger charge is 2.14. The fraction of sp³-hybridized carbons (Fsp3) is 0.222. The van der Waals surface area contributed by atoms with Gasteiger partial charge in [0.15, 0.2) is 0 Å². The Morgan fingerprint density at radius 2 is 1.62 bits per heavy atom. The van der Waals surface area contributed by atoms with E-state index in [2.05, 4.69) is 5.32 Å². The van der Waals surface area contributed by atoms with Crippen LogP contribution in [0.5, 0.6) is 0 Å². The van der Waals surface area contributed by atoms with Crippen LogP contribution in [0.2, 0.25) is 10.0 Å². The van der Waals surface area contributed by atoms with Gasteiger partial charge in [0.1, 0.15) is 0 Å². The maximum atomic E-state index is 12.3. The fourth-order valence-corrected chi connectivity index (χ4v) is 2.63. The van der Waals surface area contributed by atoms with Crippen LogP contribution in [-0.2, 0) is 0 Å². The van der Waals surface area contributed by atoms with Crippen molar-refractivity contribution < 1.29 is 9.59 Å². The molecule has 2 rings (SSSR count). The van der Waals surface area contributed by atoms with E-state index in [1.165, 1.54) is 6.07 Å². The van der Waals surface area contributed by atoms with Crippen molar-refractivity contribution in [1.82, 2.24) is 4.90 Å². The van der Waals surface area contributed by atoms with Crippen LogP contribution in [0.15, 0.2) is 42.5 Å². The van der Waals surface area contributed by atoms with Crippen LogP contribution in [0.25, 0.3) is 0 Å². The van der Waals surface area contributed by atoms with Gasteiger partial charge in [0.2, 0.25) is 0 Å². The van der Waals surface area contributed by atoms with Crippen LogP contribution < -0.4 is 5.32 Å². The highest BCUT2D eigenvalue weighted by atomic mass is 35.5. The minimum Gasteiger partial charge on any atom is -0.339 e.